The van der Waals surface area contributed by atoms with Gasteiger partial charge in [-0.3, -0.25) is 4.79 Å². The number of carbonyl (C=O) groups is 2. The lowest BCUT2D eigenvalue weighted by atomic mass is 9.80. The predicted octanol–water partition coefficient (Wildman–Crippen LogP) is 3.57. The van der Waals surface area contributed by atoms with Crippen LogP contribution in [0, 0.1) is 11.8 Å². The molecule has 0 radical (unpaired) electrons. The summed E-state index contributed by atoms with van der Waals surface area (Å²) >= 11 is 0. The summed E-state index contributed by atoms with van der Waals surface area (Å²) in [6.07, 6.45) is 3.91. The van der Waals surface area contributed by atoms with Gasteiger partial charge in [0.25, 0.3) is 0 Å². The molecule has 1 aliphatic heterocycles. The summed E-state index contributed by atoms with van der Waals surface area (Å²) in [4.78, 5) is 26.4. The molecule has 0 aromatic heterocycles. The Hall–Kier alpha value is -2.10. The normalized spacial score (nSPS) is 27.6. The highest BCUT2D eigenvalue weighted by atomic mass is 16.6. The fourth-order valence-corrected chi connectivity index (χ4v) is 3.58. The van der Waals surface area contributed by atoms with Crippen molar-refractivity contribution < 1.29 is 14.3 Å². The van der Waals surface area contributed by atoms with Crippen molar-refractivity contribution in [3.05, 3.63) is 47.5 Å². The van der Waals surface area contributed by atoms with Gasteiger partial charge in [-0.1, -0.05) is 48.9 Å². The van der Waals surface area contributed by atoms with Crippen LogP contribution in [0.15, 0.2) is 42.0 Å². The SMILES string of the molecule is CC1=CC[C@H](C(=O)N2C(=O)OC[C@@H]2Cc2ccccc2)[C@H](C)C1. The van der Waals surface area contributed by atoms with Crippen molar-refractivity contribution >= 4 is 12.0 Å². The summed E-state index contributed by atoms with van der Waals surface area (Å²) in [6, 6.07) is 9.73. The zero-order valence-electron chi connectivity index (χ0n) is 13.7. The van der Waals surface area contributed by atoms with Crippen LogP contribution in [0.1, 0.15) is 32.3 Å². The van der Waals surface area contributed by atoms with Crippen LogP contribution in [-0.4, -0.2) is 29.5 Å². The average molecular weight is 313 g/mol. The van der Waals surface area contributed by atoms with E-state index in [1.807, 2.05) is 30.3 Å². The average Bonchev–Trinajstić information content (AvgIpc) is 2.88. The molecule has 1 aliphatic carbocycles. The molecule has 1 fully saturated rings. The molecule has 0 saturated carbocycles. The fraction of sp³-hybridized carbons (Fsp3) is 0.474. The lowest BCUT2D eigenvalue weighted by molar-refractivity contribution is -0.135. The van der Waals surface area contributed by atoms with Crippen molar-refractivity contribution in [3.63, 3.8) is 0 Å². The molecular formula is C19H23NO3. The van der Waals surface area contributed by atoms with E-state index >= 15 is 0 Å². The molecule has 1 heterocycles. The second-order valence-corrected chi connectivity index (χ2v) is 6.70. The van der Waals surface area contributed by atoms with Gasteiger partial charge in [0, 0.05) is 5.92 Å². The molecule has 0 bridgehead atoms. The molecule has 0 unspecified atom stereocenters. The number of allylic oxidation sites excluding steroid dienone is 2. The fourth-order valence-electron chi connectivity index (χ4n) is 3.58. The van der Waals surface area contributed by atoms with Crippen LogP contribution in [0.2, 0.25) is 0 Å². The van der Waals surface area contributed by atoms with E-state index in [-0.39, 0.29) is 30.4 Å². The van der Waals surface area contributed by atoms with Crippen LogP contribution in [0.5, 0.6) is 0 Å². The van der Waals surface area contributed by atoms with Crippen LogP contribution in [0.3, 0.4) is 0 Å². The van der Waals surface area contributed by atoms with Gasteiger partial charge in [0.1, 0.15) is 6.61 Å². The molecule has 1 aromatic carbocycles. The van der Waals surface area contributed by atoms with Gasteiger partial charge in [0.2, 0.25) is 5.91 Å². The van der Waals surface area contributed by atoms with E-state index in [1.54, 1.807) is 0 Å². The van der Waals surface area contributed by atoms with Gasteiger partial charge in [0.05, 0.1) is 6.04 Å². The van der Waals surface area contributed by atoms with Gasteiger partial charge >= 0.3 is 6.09 Å². The molecule has 1 aromatic rings. The molecule has 23 heavy (non-hydrogen) atoms. The Labute approximate surface area is 137 Å². The quantitative estimate of drug-likeness (QED) is 0.802. The second kappa shape index (κ2) is 6.57. The minimum absolute atomic E-state index is 0.0790. The maximum atomic E-state index is 12.9. The number of carbonyl (C=O) groups excluding carboxylic acids is 2. The first-order valence-electron chi connectivity index (χ1n) is 8.25. The Kier molecular flexibility index (Phi) is 4.51. The number of hydrogen-bond acceptors (Lipinski definition) is 3. The molecule has 0 N–H and O–H groups in total. The Morgan fingerprint density at radius 3 is 2.74 bits per heavy atom. The van der Waals surface area contributed by atoms with E-state index in [4.69, 9.17) is 4.74 Å². The number of hydrogen-bond donors (Lipinski definition) is 0. The largest absolute Gasteiger partial charge is 0.447 e. The van der Waals surface area contributed by atoms with E-state index in [9.17, 15) is 9.59 Å². The Morgan fingerprint density at radius 2 is 2.04 bits per heavy atom. The number of amides is 2. The summed E-state index contributed by atoms with van der Waals surface area (Å²) < 4.78 is 5.17. The Balaban J connectivity index is 1.76. The highest BCUT2D eigenvalue weighted by molar-refractivity contribution is 5.95. The third kappa shape index (κ3) is 3.31. The number of benzene rings is 1. The van der Waals surface area contributed by atoms with Crippen molar-refractivity contribution in [2.75, 3.05) is 6.61 Å². The van der Waals surface area contributed by atoms with Crippen LogP contribution in [0.25, 0.3) is 0 Å². The number of imide groups is 1. The molecular weight excluding hydrogens is 290 g/mol. The lowest BCUT2D eigenvalue weighted by Gasteiger charge is -2.30. The van der Waals surface area contributed by atoms with E-state index in [0.29, 0.717) is 12.8 Å². The lowest BCUT2D eigenvalue weighted by Crippen LogP contribution is -2.45. The maximum absolute atomic E-state index is 12.9. The zero-order chi connectivity index (χ0) is 16.4. The third-order valence-electron chi connectivity index (χ3n) is 4.88. The van der Waals surface area contributed by atoms with Gasteiger partial charge in [-0.15, -0.1) is 0 Å². The van der Waals surface area contributed by atoms with Crippen molar-refractivity contribution in [1.82, 2.24) is 4.90 Å². The van der Waals surface area contributed by atoms with Crippen molar-refractivity contribution in [2.45, 2.75) is 39.2 Å². The minimum atomic E-state index is -0.491. The van der Waals surface area contributed by atoms with Gasteiger partial charge in [-0.25, -0.2) is 9.69 Å². The highest BCUT2D eigenvalue weighted by Crippen LogP contribution is 2.32. The first-order chi connectivity index (χ1) is 11.1. The molecule has 2 aliphatic rings. The van der Waals surface area contributed by atoms with Crippen LogP contribution < -0.4 is 0 Å². The van der Waals surface area contributed by atoms with E-state index in [0.717, 1.165) is 12.0 Å². The standard InChI is InChI=1S/C19H23NO3/c1-13-8-9-17(14(2)10-13)18(21)20-16(12-23-19(20)22)11-15-6-4-3-5-7-15/h3-8,14,16-17H,9-12H2,1-2H3/t14-,16+,17+/m1/s1. The smallest absolute Gasteiger partial charge is 0.416 e. The number of cyclic esters (lactones) is 1. The summed E-state index contributed by atoms with van der Waals surface area (Å²) in [5.74, 6) is 0.0607. The van der Waals surface area contributed by atoms with E-state index < -0.39 is 6.09 Å². The van der Waals surface area contributed by atoms with Crippen LogP contribution in [-0.2, 0) is 16.0 Å². The van der Waals surface area contributed by atoms with Gasteiger partial charge in [-0.05, 0) is 37.7 Å². The Morgan fingerprint density at radius 1 is 1.30 bits per heavy atom. The molecule has 0 spiro atoms. The molecule has 4 heteroatoms. The van der Waals surface area contributed by atoms with Crippen molar-refractivity contribution in [3.8, 4) is 0 Å². The van der Waals surface area contributed by atoms with Gasteiger partial charge in [0.15, 0.2) is 0 Å². The van der Waals surface area contributed by atoms with Gasteiger partial charge < -0.3 is 4.74 Å². The van der Waals surface area contributed by atoms with Crippen LogP contribution in [0.4, 0.5) is 4.79 Å². The summed E-state index contributed by atoms with van der Waals surface area (Å²) in [6.45, 7) is 4.47. The molecule has 4 nitrogen and oxygen atoms in total. The minimum Gasteiger partial charge on any atom is -0.447 e. The summed E-state index contributed by atoms with van der Waals surface area (Å²) in [5.41, 5.74) is 2.44. The van der Waals surface area contributed by atoms with Crippen molar-refractivity contribution in [2.24, 2.45) is 11.8 Å². The van der Waals surface area contributed by atoms with E-state index in [1.165, 1.54) is 10.5 Å². The van der Waals surface area contributed by atoms with Crippen LogP contribution >= 0.6 is 0 Å². The first kappa shape index (κ1) is 15.8. The second-order valence-electron chi connectivity index (χ2n) is 6.70. The number of nitrogens with zero attached hydrogens (tertiary/aromatic N) is 1. The summed E-state index contributed by atoms with van der Waals surface area (Å²) in [5, 5.41) is 0. The topological polar surface area (TPSA) is 46.6 Å². The molecule has 1 saturated heterocycles. The Bertz CT molecular complexity index is 623. The third-order valence-corrected chi connectivity index (χ3v) is 4.88. The molecule has 122 valence electrons. The predicted molar refractivity (Wildman–Crippen MR) is 87.8 cm³/mol. The molecule has 3 rings (SSSR count). The molecule has 2 amide bonds. The maximum Gasteiger partial charge on any atom is 0.416 e. The van der Waals surface area contributed by atoms with Crippen molar-refractivity contribution in [1.29, 1.82) is 0 Å². The monoisotopic (exact) mass is 313 g/mol. The zero-order valence-corrected chi connectivity index (χ0v) is 13.7. The van der Waals surface area contributed by atoms with E-state index in [2.05, 4.69) is 19.9 Å². The molecule has 3 atom stereocenters. The summed E-state index contributed by atoms with van der Waals surface area (Å²) in [7, 11) is 0. The highest BCUT2D eigenvalue weighted by Gasteiger charge is 2.42. The van der Waals surface area contributed by atoms with Gasteiger partial charge in [-0.2, -0.15) is 0 Å². The number of ether oxygens (including phenoxy) is 1. The number of rotatable bonds is 3. The first-order valence-corrected chi connectivity index (χ1v) is 8.25.